The van der Waals surface area contributed by atoms with Crippen molar-refractivity contribution in [2.24, 2.45) is 4.40 Å². The van der Waals surface area contributed by atoms with Gasteiger partial charge in [0.25, 0.3) is 15.9 Å². The standard InChI is InChI=1S/C25H29N3O5S/c1-25(2,3)18-9-6-7-10-19(18)26-23(29)16-33-24(30)17-12-13-20-21(15-17)34(31,32)27-22-11-5-4-8-14-28(20)22/h6-7,9-10,12-13,15H,4-5,8,11,14,16H2,1-3H3,(H,26,29). The number of esters is 1. The van der Waals surface area contributed by atoms with Gasteiger partial charge < -0.3 is 15.0 Å². The summed E-state index contributed by atoms with van der Waals surface area (Å²) in [5.74, 6) is -0.704. The third kappa shape index (κ3) is 4.99. The second kappa shape index (κ2) is 9.21. The fourth-order valence-electron chi connectivity index (χ4n) is 4.25. The molecule has 0 radical (unpaired) electrons. The Morgan fingerprint density at radius 1 is 1.09 bits per heavy atom. The van der Waals surface area contributed by atoms with Crippen LogP contribution in [0, 0.1) is 0 Å². The number of carbonyl (C=O) groups excluding carboxylic acids is 2. The summed E-state index contributed by atoms with van der Waals surface area (Å²) in [4.78, 5) is 27.0. The van der Waals surface area contributed by atoms with Crippen molar-refractivity contribution in [2.75, 3.05) is 23.4 Å². The maximum absolute atomic E-state index is 12.8. The van der Waals surface area contributed by atoms with E-state index < -0.39 is 28.5 Å². The predicted octanol–water partition coefficient (Wildman–Crippen LogP) is 4.26. The highest BCUT2D eigenvalue weighted by Gasteiger charge is 2.32. The molecule has 0 aliphatic carbocycles. The van der Waals surface area contributed by atoms with E-state index in [2.05, 4.69) is 9.71 Å². The summed E-state index contributed by atoms with van der Waals surface area (Å²) in [6.45, 7) is 6.32. The van der Waals surface area contributed by atoms with Crippen LogP contribution in [0.1, 0.15) is 62.4 Å². The second-order valence-corrected chi connectivity index (χ2v) is 11.1. The van der Waals surface area contributed by atoms with Crippen molar-refractivity contribution in [2.45, 2.75) is 56.8 Å². The molecule has 2 aliphatic rings. The minimum Gasteiger partial charge on any atom is -0.452 e. The SMILES string of the molecule is CC(C)(C)c1ccccc1NC(=O)COC(=O)c1ccc2c(c1)S(=O)(=O)N=C1CCCCCN12. The van der Waals surface area contributed by atoms with Gasteiger partial charge in [0, 0.05) is 18.7 Å². The highest BCUT2D eigenvalue weighted by molar-refractivity contribution is 7.90. The quantitative estimate of drug-likeness (QED) is 0.652. The summed E-state index contributed by atoms with van der Waals surface area (Å²) in [5, 5.41) is 2.79. The minimum atomic E-state index is -3.92. The molecule has 4 rings (SSSR count). The van der Waals surface area contributed by atoms with Crippen LogP contribution in [0.2, 0.25) is 0 Å². The van der Waals surface area contributed by atoms with Crippen LogP contribution in [0.15, 0.2) is 51.8 Å². The number of sulfonamides is 1. The van der Waals surface area contributed by atoms with Gasteiger partial charge >= 0.3 is 5.97 Å². The molecule has 1 saturated heterocycles. The molecule has 0 unspecified atom stereocenters. The molecule has 2 aliphatic heterocycles. The average Bonchev–Trinajstić information content (AvgIpc) is 3.02. The fourth-order valence-corrected chi connectivity index (χ4v) is 5.54. The Balaban J connectivity index is 1.47. The summed E-state index contributed by atoms with van der Waals surface area (Å²) in [7, 11) is -3.92. The van der Waals surface area contributed by atoms with Crippen LogP contribution in [0.25, 0.3) is 0 Å². The van der Waals surface area contributed by atoms with E-state index in [-0.39, 0.29) is 15.9 Å². The Morgan fingerprint density at radius 3 is 2.62 bits per heavy atom. The summed E-state index contributed by atoms with van der Waals surface area (Å²) in [5.41, 5.74) is 2.02. The minimum absolute atomic E-state index is 0.0174. The first-order valence-corrected chi connectivity index (χ1v) is 12.8. The van der Waals surface area contributed by atoms with Crippen LogP contribution < -0.4 is 10.2 Å². The van der Waals surface area contributed by atoms with E-state index in [0.29, 0.717) is 30.2 Å². The maximum atomic E-state index is 12.8. The lowest BCUT2D eigenvalue weighted by Gasteiger charge is -2.29. The van der Waals surface area contributed by atoms with Crippen LogP contribution in [0.3, 0.4) is 0 Å². The van der Waals surface area contributed by atoms with Gasteiger partial charge in [-0.25, -0.2) is 4.79 Å². The van der Waals surface area contributed by atoms with Crippen LogP contribution in [-0.2, 0) is 25.0 Å². The van der Waals surface area contributed by atoms with Crippen molar-refractivity contribution in [1.29, 1.82) is 0 Å². The molecular weight excluding hydrogens is 454 g/mol. The summed E-state index contributed by atoms with van der Waals surface area (Å²) in [6, 6.07) is 11.9. The number of nitrogens with one attached hydrogen (secondary N) is 1. The van der Waals surface area contributed by atoms with E-state index >= 15 is 0 Å². The molecule has 0 aromatic heterocycles. The van der Waals surface area contributed by atoms with Gasteiger partial charge in [-0.05, 0) is 48.1 Å². The van der Waals surface area contributed by atoms with Crippen LogP contribution >= 0.6 is 0 Å². The molecule has 2 aromatic rings. The average molecular weight is 484 g/mol. The smallest absolute Gasteiger partial charge is 0.338 e. The molecule has 2 aromatic carbocycles. The van der Waals surface area contributed by atoms with E-state index in [1.54, 1.807) is 12.1 Å². The highest BCUT2D eigenvalue weighted by atomic mass is 32.2. The number of rotatable bonds is 4. The van der Waals surface area contributed by atoms with Crippen molar-refractivity contribution in [3.05, 3.63) is 53.6 Å². The molecule has 180 valence electrons. The number of hydrogen-bond acceptors (Lipinski definition) is 6. The molecule has 9 heteroatoms. The number of ether oxygens (including phenoxy) is 1. The van der Waals surface area contributed by atoms with Gasteiger partial charge in [0.2, 0.25) is 0 Å². The third-order valence-corrected chi connectivity index (χ3v) is 7.26. The van der Waals surface area contributed by atoms with Gasteiger partial charge in [-0.15, -0.1) is 4.40 Å². The molecule has 0 spiro atoms. The van der Waals surface area contributed by atoms with Crippen molar-refractivity contribution in [3.63, 3.8) is 0 Å². The zero-order chi connectivity index (χ0) is 24.5. The lowest BCUT2D eigenvalue weighted by molar-refractivity contribution is -0.119. The lowest BCUT2D eigenvalue weighted by atomic mass is 9.86. The molecule has 2 heterocycles. The molecule has 34 heavy (non-hydrogen) atoms. The number of anilines is 2. The van der Waals surface area contributed by atoms with Crippen molar-refractivity contribution < 1.29 is 22.7 Å². The zero-order valence-corrected chi connectivity index (χ0v) is 20.4. The van der Waals surface area contributed by atoms with E-state index in [9.17, 15) is 18.0 Å². The number of carbonyl (C=O) groups is 2. The number of hydrogen-bond donors (Lipinski definition) is 1. The largest absolute Gasteiger partial charge is 0.452 e. The Hall–Kier alpha value is -3.20. The highest BCUT2D eigenvalue weighted by Crippen LogP contribution is 2.35. The fraction of sp³-hybridized carbons (Fsp3) is 0.400. The number of para-hydroxylation sites is 1. The molecule has 0 atom stereocenters. The van der Waals surface area contributed by atoms with Crippen LogP contribution in [0.4, 0.5) is 11.4 Å². The van der Waals surface area contributed by atoms with Gasteiger partial charge in [0.1, 0.15) is 10.7 Å². The van der Waals surface area contributed by atoms with Crippen molar-refractivity contribution in [3.8, 4) is 0 Å². The number of amides is 1. The Bertz CT molecular complexity index is 1260. The molecule has 1 amide bonds. The topological polar surface area (TPSA) is 105 Å². The first kappa shape index (κ1) is 23.9. The van der Waals surface area contributed by atoms with E-state index in [4.69, 9.17) is 4.74 Å². The number of benzene rings is 2. The van der Waals surface area contributed by atoms with E-state index in [0.717, 1.165) is 24.8 Å². The molecule has 0 bridgehead atoms. The van der Waals surface area contributed by atoms with Crippen molar-refractivity contribution in [1.82, 2.24) is 0 Å². The molecular formula is C25H29N3O5S. The Kier molecular flexibility index (Phi) is 6.49. The first-order chi connectivity index (χ1) is 16.1. The zero-order valence-electron chi connectivity index (χ0n) is 19.6. The molecule has 8 nitrogen and oxygen atoms in total. The van der Waals surface area contributed by atoms with Gasteiger partial charge in [-0.1, -0.05) is 45.4 Å². The van der Waals surface area contributed by atoms with E-state index in [1.165, 1.54) is 12.1 Å². The lowest BCUT2D eigenvalue weighted by Crippen LogP contribution is -2.35. The van der Waals surface area contributed by atoms with Gasteiger partial charge in [0.15, 0.2) is 6.61 Å². The first-order valence-electron chi connectivity index (χ1n) is 11.4. The van der Waals surface area contributed by atoms with Gasteiger partial charge in [-0.3, -0.25) is 4.79 Å². The number of fused-ring (bicyclic) bond motifs is 3. The predicted molar refractivity (Wildman–Crippen MR) is 131 cm³/mol. The van der Waals surface area contributed by atoms with E-state index in [1.807, 2.05) is 43.9 Å². The Labute approximate surface area is 200 Å². The van der Waals surface area contributed by atoms with Gasteiger partial charge in [0.05, 0.1) is 11.3 Å². The summed E-state index contributed by atoms with van der Waals surface area (Å²) >= 11 is 0. The number of amidine groups is 1. The molecule has 1 fully saturated rings. The Morgan fingerprint density at radius 2 is 1.85 bits per heavy atom. The number of nitrogens with zero attached hydrogens (tertiary/aromatic N) is 2. The summed E-state index contributed by atoms with van der Waals surface area (Å²) < 4.78 is 34.7. The second-order valence-electron chi connectivity index (χ2n) is 9.55. The third-order valence-electron chi connectivity index (χ3n) is 5.93. The normalized spacial score (nSPS) is 17.0. The molecule has 0 saturated carbocycles. The van der Waals surface area contributed by atoms with Crippen molar-refractivity contribution >= 4 is 39.1 Å². The van der Waals surface area contributed by atoms with Gasteiger partial charge in [-0.2, -0.15) is 8.42 Å². The van der Waals surface area contributed by atoms with Crippen LogP contribution in [0.5, 0.6) is 0 Å². The monoisotopic (exact) mass is 483 g/mol. The molecule has 1 N–H and O–H groups in total. The van der Waals surface area contributed by atoms with Crippen LogP contribution in [-0.4, -0.2) is 39.3 Å². The summed E-state index contributed by atoms with van der Waals surface area (Å²) in [6.07, 6.45) is 3.45. The maximum Gasteiger partial charge on any atom is 0.338 e.